The molecule has 1 atom stereocenters. The fourth-order valence-electron chi connectivity index (χ4n) is 1.74. The van der Waals surface area contributed by atoms with Crippen LogP contribution in [-0.4, -0.2) is 47.1 Å². The summed E-state index contributed by atoms with van der Waals surface area (Å²) in [5, 5.41) is 11.7. The molecule has 5 nitrogen and oxygen atoms in total. The lowest BCUT2D eigenvalue weighted by molar-refractivity contribution is -0.140. The third-order valence-electron chi connectivity index (χ3n) is 2.89. The number of carbonyl (C=O) groups excluding carboxylic acids is 1. The second kappa shape index (κ2) is 6.00. The molecule has 1 aliphatic rings. The summed E-state index contributed by atoms with van der Waals surface area (Å²) in [4.78, 5) is 24.4. The molecular formula is C12H22N2O3. The van der Waals surface area contributed by atoms with E-state index in [1.54, 1.807) is 11.8 Å². The number of carbonyl (C=O) groups is 2. The standard InChI is InChI=1S/C12H22N2O3/c1-8(2)13-12(17)9(3)14(7-11(15)16)6-10-4-5-10/h8-10H,4-7H2,1-3H3,(H,13,17)(H,15,16). The van der Waals surface area contributed by atoms with Gasteiger partial charge in [0.2, 0.25) is 5.91 Å². The number of aliphatic carboxylic acids is 1. The van der Waals surface area contributed by atoms with Crippen LogP contribution in [0.4, 0.5) is 0 Å². The van der Waals surface area contributed by atoms with E-state index in [1.807, 2.05) is 13.8 Å². The van der Waals surface area contributed by atoms with Crippen molar-refractivity contribution in [1.82, 2.24) is 10.2 Å². The van der Waals surface area contributed by atoms with E-state index < -0.39 is 5.97 Å². The molecule has 1 fully saturated rings. The SMILES string of the molecule is CC(C)NC(=O)C(C)N(CC(=O)O)CC1CC1. The van der Waals surface area contributed by atoms with E-state index in [-0.39, 0.29) is 24.5 Å². The number of carboxylic acids is 1. The van der Waals surface area contributed by atoms with Gasteiger partial charge in [-0.3, -0.25) is 14.5 Å². The van der Waals surface area contributed by atoms with Crippen LogP contribution >= 0.6 is 0 Å². The second-order valence-electron chi connectivity index (χ2n) is 5.11. The molecule has 1 rings (SSSR count). The van der Waals surface area contributed by atoms with Crippen molar-refractivity contribution >= 4 is 11.9 Å². The molecule has 0 aromatic heterocycles. The topological polar surface area (TPSA) is 69.6 Å². The summed E-state index contributed by atoms with van der Waals surface area (Å²) in [6, 6.07) is -0.299. The lowest BCUT2D eigenvalue weighted by Gasteiger charge is -2.27. The molecule has 1 aliphatic carbocycles. The molecular weight excluding hydrogens is 220 g/mol. The van der Waals surface area contributed by atoms with Gasteiger partial charge in [-0.05, 0) is 39.5 Å². The van der Waals surface area contributed by atoms with Gasteiger partial charge in [-0.1, -0.05) is 0 Å². The molecule has 17 heavy (non-hydrogen) atoms. The van der Waals surface area contributed by atoms with Crippen molar-refractivity contribution in [3.63, 3.8) is 0 Å². The molecule has 0 aromatic carbocycles. The van der Waals surface area contributed by atoms with Crippen molar-refractivity contribution in [3.8, 4) is 0 Å². The first-order chi connectivity index (χ1) is 7.90. The van der Waals surface area contributed by atoms with Crippen LogP contribution in [0.3, 0.4) is 0 Å². The summed E-state index contributed by atoms with van der Waals surface area (Å²) in [6.45, 7) is 6.20. The Hall–Kier alpha value is -1.10. The van der Waals surface area contributed by atoms with Gasteiger partial charge in [-0.2, -0.15) is 0 Å². The number of carboxylic acid groups (broad SMARTS) is 1. The van der Waals surface area contributed by atoms with Crippen molar-refractivity contribution in [2.24, 2.45) is 5.92 Å². The van der Waals surface area contributed by atoms with Gasteiger partial charge in [0, 0.05) is 12.6 Å². The molecule has 98 valence electrons. The maximum absolute atomic E-state index is 11.8. The minimum absolute atomic E-state index is 0.0663. The maximum Gasteiger partial charge on any atom is 0.317 e. The number of amides is 1. The second-order valence-corrected chi connectivity index (χ2v) is 5.11. The Bertz CT molecular complexity index is 287. The summed E-state index contributed by atoms with van der Waals surface area (Å²) in [5.74, 6) is -0.402. The molecule has 0 bridgehead atoms. The third kappa shape index (κ3) is 5.17. The van der Waals surface area contributed by atoms with Crippen molar-refractivity contribution in [1.29, 1.82) is 0 Å². The van der Waals surface area contributed by atoms with Gasteiger partial charge in [-0.25, -0.2) is 0 Å². The first-order valence-electron chi connectivity index (χ1n) is 6.16. The number of nitrogens with one attached hydrogen (secondary N) is 1. The summed E-state index contributed by atoms with van der Waals surface area (Å²) in [5.41, 5.74) is 0. The molecule has 1 saturated carbocycles. The highest BCUT2D eigenvalue weighted by Gasteiger charge is 2.30. The number of nitrogens with zero attached hydrogens (tertiary/aromatic N) is 1. The molecule has 0 radical (unpaired) electrons. The quantitative estimate of drug-likeness (QED) is 0.689. The van der Waals surface area contributed by atoms with Crippen LogP contribution in [-0.2, 0) is 9.59 Å². The minimum Gasteiger partial charge on any atom is -0.480 e. The first kappa shape index (κ1) is 14.0. The van der Waals surface area contributed by atoms with E-state index in [0.717, 1.165) is 12.8 Å². The van der Waals surface area contributed by atoms with Crippen LogP contribution in [0.2, 0.25) is 0 Å². The van der Waals surface area contributed by atoms with Crippen LogP contribution in [0.25, 0.3) is 0 Å². The summed E-state index contributed by atoms with van der Waals surface area (Å²) >= 11 is 0. The monoisotopic (exact) mass is 242 g/mol. The lowest BCUT2D eigenvalue weighted by Crippen LogP contribution is -2.49. The average molecular weight is 242 g/mol. The van der Waals surface area contributed by atoms with Crippen LogP contribution in [0.5, 0.6) is 0 Å². The molecule has 0 heterocycles. The predicted molar refractivity (Wildman–Crippen MR) is 64.7 cm³/mol. The molecule has 1 amide bonds. The highest BCUT2D eigenvalue weighted by molar-refractivity contribution is 5.82. The zero-order valence-corrected chi connectivity index (χ0v) is 10.8. The van der Waals surface area contributed by atoms with Gasteiger partial charge in [0.15, 0.2) is 0 Å². The smallest absolute Gasteiger partial charge is 0.317 e. The van der Waals surface area contributed by atoms with E-state index in [4.69, 9.17) is 5.11 Å². The highest BCUT2D eigenvalue weighted by atomic mass is 16.4. The fraction of sp³-hybridized carbons (Fsp3) is 0.833. The molecule has 1 unspecified atom stereocenters. The highest BCUT2D eigenvalue weighted by Crippen LogP contribution is 2.30. The van der Waals surface area contributed by atoms with Gasteiger partial charge >= 0.3 is 5.97 Å². The van der Waals surface area contributed by atoms with Gasteiger partial charge in [0.1, 0.15) is 0 Å². The summed E-state index contributed by atoms with van der Waals surface area (Å²) in [7, 11) is 0. The van der Waals surface area contributed by atoms with Crippen molar-refractivity contribution in [2.75, 3.05) is 13.1 Å². The van der Waals surface area contributed by atoms with Crippen molar-refractivity contribution in [3.05, 3.63) is 0 Å². The average Bonchev–Trinajstić information content (AvgIpc) is 2.97. The Kier molecular flexibility index (Phi) is 4.93. The normalized spacial score (nSPS) is 17.2. The van der Waals surface area contributed by atoms with E-state index >= 15 is 0 Å². The summed E-state index contributed by atoms with van der Waals surface area (Å²) in [6.07, 6.45) is 2.29. The van der Waals surface area contributed by atoms with Gasteiger partial charge in [0.05, 0.1) is 12.6 Å². The van der Waals surface area contributed by atoms with Crippen LogP contribution in [0.15, 0.2) is 0 Å². The molecule has 2 N–H and O–H groups in total. The fourth-order valence-corrected chi connectivity index (χ4v) is 1.74. The Morgan fingerprint density at radius 3 is 2.35 bits per heavy atom. The third-order valence-corrected chi connectivity index (χ3v) is 2.89. The Labute approximate surface area is 102 Å². The summed E-state index contributed by atoms with van der Waals surface area (Å²) < 4.78 is 0. The van der Waals surface area contributed by atoms with Crippen molar-refractivity contribution in [2.45, 2.75) is 45.7 Å². The van der Waals surface area contributed by atoms with Gasteiger partial charge in [0.25, 0.3) is 0 Å². The van der Waals surface area contributed by atoms with E-state index in [9.17, 15) is 9.59 Å². The van der Waals surface area contributed by atoms with Crippen LogP contribution in [0, 0.1) is 5.92 Å². The molecule has 0 aliphatic heterocycles. The number of hydrogen-bond donors (Lipinski definition) is 2. The largest absolute Gasteiger partial charge is 0.480 e. The Balaban J connectivity index is 2.53. The Morgan fingerprint density at radius 2 is 1.94 bits per heavy atom. The molecule has 0 spiro atoms. The molecule has 0 saturated heterocycles. The van der Waals surface area contributed by atoms with Gasteiger partial charge < -0.3 is 10.4 Å². The predicted octanol–water partition coefficient (Wildman–Crippen LogP) is 0.696. The van der Waals surface area contributed by atoms with Crippen LogP contribution < -0.4 is 5.32 Å². The van der Waals surface area contributed by atoms with Gasteiger partial charge in [-0.15, -0.1) is 0 Å². The molecule has 0 aromatic rings. The van der Waals surface area contributed by atoms with E-state index in [2.05, 4.69) is 5.32 Å². The number of rotatable bonds is 7. The minimum atomic E-state index is -0.880. The first-order valence-corrected chi connectivity index (χ1v) is 6.16. The number of hydrogen-bond acceptors (Lipinski definition) is 3. The maximum atomic E-state index is 11.8. The zero-order valence-electron chi connectivity index (χ0n) is 10.8. The van der Waals surface area contributed by atoms with E-state index in [0.29, 0.717) is 12.5 Å². The zero-order chi connectivity index (χ0) is 13.0. The lowest BCUT2D eigenvalue weighted by atomic mass is 10.2. The molecule has 5 heteroatoms. The van der Waals surface area contributed by atoms with Crippen molar-refractivity contribution < 1.29 is 14.7 Å². The Morgan fingerprint density at radius 1 is 1.35 bits per heavy atom. The van der Waals surface area contributed by atoms with E-state index in [1.165, 1.54) is 0 Å². The van der Waals surface area contributed by atoms with Crippen LogP contribution in [0.1, 0.15) is 33.6 Å².